The molecule has 1 N–H and O–H groups in total. The van der Waals surface area contributed by atoms with Crippen molar-refractivity contribution >= 4 is 34.4 Å². The smallest absolute Gasteiger partial charge is 0.282 e. The Hall–Kier alpha value is -4.73. The van der Waals surface area contributed by atoms with Gasteiger partial charge < -0.3 is 14.8 Å². The maximum atomic E-state index is 13.4. The summed E-state index contributed by atoms with van der Waals surface area (Å²) in [6, 6.07) is 15.0. The van der Waals surface area contributed by atoms with Crippen LogP contribution in [0.15, 0.2) is 72.4 Å². The number of carbonyl (C=O) groups excluding carboxylic acids is 2. The molecule has 0 aromatic heterocycles. The largest absolute Gasteiger partial charge is 0.497 e. The number of hydrogen-bond donors (Lipinski definition) is 1. The molecule has 3 aromatic rings. The first kappa shape index (κ1) is 22.5. The lowest BCUT2D eigenvalue weighted by Gasteiger charge is -2.15. The van der Waals surface area contributed by atoms with Crippen LogP contribution in [0, 0.1) is 15.9 Å². The molecular weight excluding hydrogens is 445 g/mol. The third-order valence-corrected chi connectivity index (χ3v) is 5.16. The van der Waals surface area contributed by atoms with Crippen LogP contribution >= 0.6 is 0 Å². The number of amides is 2. The lowest BCUT2D eigenvalue weighted by Crippen LogP contribution is -2.32. The Bertz CT molecular complexity index is 1300. The van der Waals surface area contributed by atoms with Crippen molar-refractivity contribution in [1.29, 1.82) is 0 Å². The van der Waals surface area contributed by atoms with Gasteiger partial charge in [0.25, 0.3) is 17.5 Å². The highest BCUT2D eigenvalue weighted by molar-refractivity contribution is 6.46. The number of non-ortho nitro benzene ring substituents is 1. The molecule has 0 bridgehead atoms. The molecule has 10 heteroatoms. The van der Waals surface area contributed by atoms with Crippen LogP contribution in [0.4, 0.5) is 21.5 Å². The van der Waals surface area contributed by atoms with E-state index in [1.54, 1.807) is 18.2 Å². The zero-order valence-electron chi connectivity index (χ0n) is 18.1. The molecule has 0 saturated carbocycles. The predicted octanol–water partition coefficient (Wildman–Crippen LogP) is 4.15. The molecule has 1 heterocycles. The van der Waals surface area contributed by atoms with Gasteiger partial charge in [-0.1, -0.05) is 0 Å². The van der Waals surface area contributed by atoms with E-state index in [0.717, 1.165) is 17.0 Å². The lowest BCUT2D eigenvalue weighted by molar-refractivity contribution is -0.384. The molecule has 1 aliphatic rings. The number of carbonyl (C=O) groups is 2. The van der Waals surface area contributed by atoms with Gasteiger partial charge in [0.1, 0.15) is 23.0 Å². The summed E-state index contributed by atoms with van der Waals surface area (Å²) < 4.78 is 24.0. The number of methoxy groups -OCH3 is 2. The number of halogens is 1. The first-order chi connectivity index (χ1) is 16.3. The maximum Gasteiger partial charge on any atom is 0.282 e. The zero-order valence-corrected chi connectivity index (χ0v) is 18.1. The highest BCUT2D eigenvalue weighted by atomic mass is 19.1. The summed E-state index contributed by atoms with van der Waals surface area (Å²) in [6.45, 7) is 0. The highest BCUT2D eigenvalue weighted by Crippen LogP contribution is 2.35. The van der Waals surface area contributed by atoms with Crippen molar-refractivity contribution in [3.8, 4) is 11.5 Å². The van der Waals surface area contributed by atoms with Crippen molar-refractivity contribution in [3.63, 3.8) is 0 Å². The Kier molecular flexibility index (Phi) is 5.96. The Morgan fingerprint density at radius 3 is 2.00 bits per heavy atom. The summed E-state index contributed by atoms with van der Waals surface area (Å²) in [7, 11) is 2.95. The molecule has 4 rings (SSSR count). The lowest BCUT2D eigenvalue weighted by atomic mass is 10.0. The summed E-state index contributed by atoms with van der Waals surface area (Å²) in [5, 5.41) is 14.0. The average Bonchev–Trinajstić information content (AvgIpc) is 3.08. The SMILES string of the molecule is COc1cc(NC2=C(c3ccc([N+](=O)[O-])cc3)C(=O)N(c3ccc(F)cc3)C2=O)cc(OC)c1. The number of nitrogens with zero attached hydrogens (tertiary/aromatic N) is 2. The van der Waals surface area contributed by atoms with Crippen LogP contribution in [0.2, 0.25) is 0 Å². The predicted molar refractivity (Wildman–Crippen MR) is 122 cm³/mol. The van der Waals surface area contributed by atoms with Crippen LogP contribution in [0.25, 0.3) is 5.57 Å². The van der Waals surface area contributed by atoms with Crippen LogP contribution < -0.4 is 19.7 Å². The van der Waals surface area contributed by atoms with Crippen molar-refractivity contribution in [2.45, 2.75) is 0 Å². The van der Waals surface area contributed by atoms with Crippen LogP contribution in [0.5, 0.6) is 11.5 Å². The van der Waals surface area contributed by atoms with Crippen molar-refractivity contribution in [2.24, 2.45) is 0 Å². The molecular formula is C24H18FN3O6. The van der Waals surface area contributed by atoms with Gasteiger partial charge in [0.05, 0.1) is 30.4 Å². The first-order valence-corrected chi connectivity index (χ1v) is 9.96. The van der Waals surface area contributed by atoms with Gasteiger partial charge in [0.2, 0.25) is 0 Å². The Balaban J connectivity index is 1.83. The van der Waals surface area contributed by atoms with Crippen molar-refractivity contribution in [3.05, 3.63) is 93.9 Å². The van der Waals surface area contributed by atoms with E-state index in [2.05, 4.69) is 5.32 Å². The molecule has 0 saturated heterocycles. The molecule has 0 radical (unpaired) electrons. The number of nitro benzene ring substituents is 1. The van der Waals surface area contributed by atoms with E-state index in [-0.39, 0.29) is 22.6 Å². The molecule has 9 nitrogen and oxygen atoms in total. The summed E-state index contributed by atoms with van der Waals surface area (Å²) in [6.07, 6.45) is 0. The summed E-state index contributed by atoms with van der Waals surface area (Å²) in [5.74, 6) is -0.958. The number of imide groups is 1. The number of nitrogens with one attached hydrogen (secondary N) is 1. The molecule has 0 unspecified atom stereocenters. The molecule has 1 aliphatic heterocycles. The van der Waals surface area contributed by atoms with Gasteiger partial charge in [-0.25, -0.2) is 9.29 Å². The molecule has 34 heavy (non-hydrogen) atoms. The molecule has 0 fully saturated rings. The Morgan fingerprint density at radius 1 is 0.882 bits per heavy atom. The number of rotatable bonds is 7. The fraction of sp³-hybridized carbons (Fsp3) is 0.0833. The quantitative estimate of drug-likeness (QED) is 0.318. The van der Waals surface area contributed by atoms with E-state index in [4.69, 9.17) is 9.47 Å². The number of nitro groups is 1. The van der Waals surface area contributed by atoms with Crippen molar-refractivity contribution < 1.29 is 28.4 Å². The standard InChI is InChI=1S/C24H18FN3O6/c1-33-19-11-16(12-20(13-19)34-2)26-22-21(14-3-7-18(8-4-14)28(31)32)23(29)27(24(22)30)17-9-5-15(25)6-10-17/h3-13,26H,1-2H3. The van der Waals surface area contributed by atoms with E-state index in [9.17, 15) is 24.1 Å². The van der Waals surface area contributed by atoms with Gasteiger partial charge in [-0.15, -0.1) is 0 Å². The van der Waals surface area contributed by atoms with Crippen molar-refractivity contribution in [2.75, 3.05) is 24.4 Å². The minimum Gasteiger partial charge on any atom is -0.497 e. The van der Waals surface area contributed by atoms with Gasteiger partial charge in [0.15, 0.2) is 0 Å². The van der Waals surface area contributed by atoms with E-state index in [1.165, 1.54) is 50.6 Å². The molecule has 172 valence electrons. The molecule has 0 atom stereocenters. The fourth-order valence-corrected chi connectivity index (χ4v) is 3.51. The summed E-state index contributed by atoms with van der Waals surface area (Å²) >= 11 is 0. The third-order valence-electron chi connectivity index (χ3n) is 5.16. The Morgan fingerprint density at radius 2 is 1.47 bits per heavy atom. The monoisotopic (exact) mass is 463 g/mol. The van der Waals surface area contributed by atoms with Gasteiger partial charge in [-0.3, -0.25) is 19.7 Å². The van der Waals surface area contributed by atoms with Crippen LogP contribution in [0.1, 0.15) is 5.56 Å². The first-order valence-electron chi connectivity index (χ1n) is 9.96. The number of benzene rings is 3. The number of hydrogen-bond acceptors (Lipinski definition) is 7. The average molecular weight is 463 g/mol. The normalized spacial score (nSPS) is 13.3. The van der Waals surface area contributed by atoms with E-state index < -0.39 is 22.6 Å². The minimum absolute atomic E-state index is 0.00556. The molecule has 2 amide bonds. The second-order valence-corrected chi connectivity index (χ2v) is 7.20. The van der Waals surface area contributed by atoms with Crippen molar-refractivity contribution in [1.82, 2.24) is 0 Å². The van der Waals surface area contributed by atoms with Crippen LogP contribution in [-0.2, 0) is 9.59 Å². The molecule has 0 aliphatic carbocycles. The van der Waals surface area contributed by atoms with E-state index >= 15 is 0 Å². The van der Waals surface area contributed by atoms with Crippen LogP contribution in [0.3, 0.4) is 0 Å². The second kappa shape index (κ2) is 9.02. The topological polar surface area (TPSA) is 111 Å². The molecule has 0 spiro atoms. The summed E-state index contributed by atoms with van der Waals surface area (Å²) in [4.78, 5) is 38.2. The van der Waals surface area contributed by atoms with Gasteiger partial charge >= 0.3 is 0 Å². The van der Waals surface area contributed by atoms with Gasteiger partial charge in [0, 0.05) is 36.0 Å². The van der Waals surface area contributed by atoms with E-state index in [0.29, 0.717) is 22.7 Å². The summed E-state index contributed by atoms with van der Waals surface area (Å²) in [5.41, 5.74) is 0.669. The Labute approximate surface area is 193 Å². The molecule has 3 aromatic carbocycles. The minimum atomic E-state index is -0.674. The number of ether oxygens (including phenoxy) is 2. The van der Waals surface area contributed by atoms with Crippen LogP contribution in [-0.4, -0.2) is 31.0 Å². The highest BCUT2D eigenvalue weighted by Gasteiger charge is 2.40. The third kappa shape index (κ3) is 4.16. The fourth-order valence-electron chi connectivity index (χ4n) is 3.51. The zero-order chi connectivity index (χ0) is 24.4. The second-order valence-electron chi connectivity index (χ2n) is 7.20. The number of anilines is 2. The van der Waals surface area contributed by atoms with Gasteiger partial charge in [-0.2, -0.15) is 0 Å². The maximum absolute atomic E-state index is 13.4. The van der Waals surface area contributed by atoms with E-state index in [1.807, 2.05) is 0 Å². The van der Waals surface area contributed by atoms with Gasteiger partial charge in [-0.05, 0) is 42.0 Å².